The first-order chi connectivity index (χ1) is 21.7. The number of carbonyl (C=O) groups excluding carboxylic acids is 1. The summed E-state index contributed by atoms with van der Waals surface area (Å²) in [5, 5.41) is 72.9. The maximum absolute atomic E-state index is 13.6. The number of aliphatic hydroxyl groups is 6. The highest BCUT2D eigenvalue weighted by molar-refractivity contribution is 5.89. The molecule has 9 nitrogen and oxygen atoms in total. The van der Waals surface area contributed by atoms with Gasteiger partial charge in [0.15, 0.2) is 0 Å². The van der Waals surface area contributed by atoms with Gasteiger partial charge in [-0.05, 0) is 54.7 Å². The van der Waals surface area contributed by atoms with E-state index < -0.39 is 89.0 Å². The summed E-state index contributed by atoms with van der Waals surface area (Å²) in [6.07, 6.45) is 1.71. The van der Waals surface area contributed by atoms with Crippen LogP contribution in [-0.4, -0.2) is 90.0 Å². The number of carbonyl (C=O) groups is 1. The van der Waals surface area contributed by atoms with Crippen LogP contribution in [0.3, 0.4) is 0 Å². The van der Waals surface area contributed by atoms with Gasteiger partial charge >= 0.3 is 5.97 Å². The van der Waals surface area contributed by atoms with Crippen molar-refractivity contribution in [1.29, 1.82) is 0 Å². The zero-order valence-corrected chi connectivity index (χ0v) is 28.1. The Morgan fingerprint density at radius 3 is 2.28 bits per heavy atom. The Hall–Kier alpha value is -1.85. The zero-order valence-electron chi connectivity index (χ0n) is 28.1. The summed E-state index contributed by atoms with van der Waals surface area (Å²) in [6, 6.07) is 8.43. The molecule has 46 heavy (non-hydrogen) atoms. The molecule has 0 bridgehead atoms. The third-order valence-electron chi connectivity index (χ3n) is 12.6. The largest absolute Gasteiger partial charge is 0.455 e. The molecule has 3 saturated carbocycles. The van der Waals surface area contributed by atoms with Gasteiger partial charge in [0, 0.05) is 11.8 Å². The minimum absolute atomic E-state index is 0.0423. The maximum atomic E-state index is 13.6. The second kappa shape index (κ2) is 12.9. The van der Waals surface area contributed by atoms with Gasteiger partial charge in [-0.3, -0.25) is 0 Å². The van der Waals surface area contributed by atoms with E-state index in [1.54, 1.807) is 44.2 Å². The predicted octanol–water partition coefficient (Wildman–Crippen LogP) is 3.77. The molecule has 0 spiro atoms. The molecule has 0 aromatic heterocycles. The number of rotatable bonds is 12. The topological polar surface area (TPSA) is 160 Å². The molecule has 1 aliphatic heterocycles. The van der Waals surface area contributed by atoms with Crippen LogP contribution in [0.15, 0.2) is 42.5 Å². The molecule has 1 aromatic carbocycles. The molecular formula is C37H56O9. The van der Waals surface area contributed by atoms with Gasteiger partial charge in [-0.2, -0.15) is 0 Å². The number of hydrogen-bond donors (Lipinski definition) is 6. The third-order valence-corrected chi connectivity index (χ3v) is 12.6. The molecule has 0 amide bonds. The van der Waals surface area contributed by atoms with E-state index in [1.807, 2.05) is 6.92 Å². The van der Waals surface area contributed by atoms with Crippen molar-refractivity contribution in [3.8, 4) is 0 Å². The van der Waals surface area contributed by atoms with E-state index in [4.69, 9.17) is 9.47 Å². The van der Waals surface area contributed by atoms with Crippen molar-refractivity contribution in [3.63, 3.8) is 0 Å². The van der Waals surface area contributed by atoms with Crippen LogP contribution in [0, 0.1) is 35.5 Å². The second-order valence-corrected chi connectivity index (χ2v) is 15.2. The molecule has 3 aliphatic carbocycles. The zero-order chi connectivity index (χ0) is 33.8. The number of esters is 1. The van der Waals surface area contributed by atoms with Gasteiger partial charge in [-0.25, -0.2) is 4.79 Å². The summed E-state index contributed by atoms with van der Waals surface area (Å²) in [5.41, 5.74) is -7.03. The first-order valence-corrected chi connectivity index (χ1v) is 17.4. The summed E-state index contributed by atoms with van der Waals surface area (Å²) in [5.74, 6) is -4.68. The van der Waals surface area contributed by atoms with Gasteiger partial charge in [0.1, 0.15) is 35.1 Å². The normalized spacial score (nSPS) is 45.2. The monoisotopic (exact) mass is 644 g/mol. The Morgan fingerprint density at radius 1 is 1.04 bits per heavy atom. The lowest BCUT2D eigenvalue weighted by Gasteiger charge is -2.58. The van der Waals surface area contributed by atoms with Crippen molar-refractivity contribution in [3.05, 3.63) is 48.0 Å². The van der Waals surface area contributed by atoms with Crippen LogP contribution in [0.25, 0.3) is 0 Å². The highest BCUT2D eigenvalue weighted by Crippen LogP contribution is 2.69. The molecule has 14 atom stereocenters. The minimum atomic E-state index is -2.25. The van der Waals surface area contributed by atoms with E-state index >= 15 is 0 Å². The molecule has 1 aromatic rings. The molecule has 5 rings (SSSR count). The number of fused-ring (bicyclic) bond motifs is 5. The number of aliphatic hydroxyl groups excluding tert-OH is 3. The second-order valence-electron chi connectivity index (χ2n) is 15.2. The fourth-order valence-electron chi connectivity index (χ4n) is 10.0. The van der Waals surface area contributed by atoms with Crippen LogP contribution in [0.2, 0.25) is 0 Å². The number of ether oxygens (including phenoxy) is 2. The lowest BCUT2D eigenvalue weighted by molar-refractivity contribution is -0.274. The molecular weight excluding hydrogens is 588 g/mol. The van der Waals surface area contributed by atoms with Gasteiger partial charge in [0.25, 0.3) is 0 Å². The average molecular weight is 645 g/mol. The van der Waals surface area contributed by atoms with Crippen molar-refractivity contribution >= 4 is 5.97 Å². The predicted molar refractivity (Wildman–Crippen MR) is 173 cm³/mol. The van der Waals surface area contributed by atoms with Crippen molar-refractivity contribution < 1.29 is 44.9 Å². The first-order valence-electron chi connectivity index (χ1n) is 17.4. The fraction of sp³-hybridized carbons (Fsp3) is 0.757. The Bertz CT molecular complexity index is 1260. The maximum Gasteiger partial charge on any atom is 0.338 e. The standard InChI is InChI=1S/C37H56O9/c1-7-8-9-10-11-13-16-22(4)26-24(6)30(45-32(40)25-17-14-12-15-18-25)37(44)28(26)36(43)23(5)19-34(42,21(2)3)29(39)27(36)31-35(20-38,46-31)33(37)41/h12,14-15,17-18,22-24,26-31,33,38-39,41-44H,2,7-11,13,16,19-20H2,1,3-6H3/t22-,23-,24+,26?,27?,28?,29?,30?,31?,33?,34?,35+,36?,37?/m1/s1. The first kappa shape index (κ1) is 35.5. The SMILES string of the molecule is C=C(C)C1(O)C[C@@H](C)C2(O)C(C1O)C1O[C@]1(CO)C(O)C1(O)C(OC(=O)c3ccccc3)[C@@H](C)C([C@H](C)CCCCCCCC)C12. The smallest absolute Gasteiger partial charge is 0.338 e. The fourth-order valence-corrected chi connectivity index (χ4v) is 10.0. The van der Waals surface area contributed by atoms with Crippen molar-refractivity contribution in [2.24, 2.45) is 35.5 Å². The summed E-state index contributed by atoms with van der Waals surface area (Å²) in [7, 11) is 0. The van der Waals surface area contributed by atoms with Crippen LogP contribution in [0.1, 0.15) is 96.3 Å². The highest BCUT2D eigenvalue weighted by atomic mass is 16.6. The van der Waals surface area contributed by atoms with Gasteiger partial charge in [-0.15, -0.1) is 0 Å². The van der Waals surface area contributed by atoms with E-state index in [1.165, 1.54) is 12.8 Å². The molecule has 1 saturated heterocycles. The Balaban J connectivity index is 1.62. The molecule has 9 heteroatoms. The van der Waals surface area contributed by atoms with Crippen LogP contribution >= 0.6 is 0 Å². The molecule has 258 valence electrons. The quantitative estimate of drug-likeness (QED) is 0.0862. The molecule has 10 unspecified atom stereocenters. The Labute approximate surface area is 273 Å². The minimum Gasteiger partial charge on any atom is -0.455 e. The number of hydrogen-bond acceptors (Lipinski definition) is 9. The summed E-state index contributed by atoms with van der Waals surface area (Å²) >= 11 is 0. The third kappa shape index (κ3) is 5.20. The van der Waals surface area contributed by atoms with Gasteiger partial charge in [-0.1, -0.05) is 97.4 Å². The van der Waals surface area contributed by atoms with Crippen molar-refractivity contribution in [2.45, 2.75) is 133 Å². The van der Waals surface area contributed by atoms with Gasteiger partial charge in [0.05, 0.1) is 23.9 Å². The van der Waals surface area contributed by atoms with Crippen LogP contribution < -0.4 is 0 Å². The van der Waals surface area contributed by atoms with E-state index in [0.29, 0.717) is 5.57 Å². The number of epoxide rings is 1. The van der Waals surface area contributed by atoms with E-state index in [9.17, 15) is 35.4 Å². The highest BCUT2D eigenvalue weighted by Gasteiger charge is 2.85. The van der Waals surface area contributed by atoms with Crippen LogP contribution in [0.4, 0.5) is 0 Å². The molecule has 0 radical (unpaired) electrons. The summed E-state index contributed by atoms with van der Waals surface area (Å²) in [4.78, 5) is 13.6. The van der Waals surface area contributed by atoms with E-state index in [-0.39, 0.29) is 17.9 Å². The van der Waals surface area contributed by atoms with Crippen molar-refractivity contribution in [2.75, 3.05) is 6.61 Å². The van der Waals surface area contributed by atoms with Crippen LogP contribution in [-0.2, 0) is 9.47 Å². The molecule has 6 N–H and O–H groups in total. The van der Waals surface area contributed by atoms with Crippen molar-refractivity contribution in [1.82, 2.24) is 0 Å². The Kier molecular flexibility index (Phi) is 9.93. The summed E-state index contributed by atoms with van der Waals surface area (Å²) in [6.45, 7) is 12.8. The van der Waals surface area contributed by atoms with Gasteiger partial charge in [0.2, 0.25) is 0 Å². The number of benzene rings is 1. The lowest BCUT2D eigenvalue weighted by atomic mass is 9.52. The Morgan fingerprint density at radius 2 is 1.67 bits per heavy atom. The van der Waals surface area contributed by atoms with Crippen LogP contribution in [0.5, 0.6) is 0 Å². The van der Waals surface area contributed by atoms with E-state index in [0.717, 1.165) is 32.1 Å². The average Bonchev–Trinajstić information content (AvgIpc) is 3.72. The van der Waals surface area contributed by atoms with Gasteiger partial charge < -0.3 is 40.1 Å². The molecule has 4 fully saturated rings. The number of unbranched alkanes of at least 4 members (excludes halogenated alkanes) is 5. The summed E-state index contributed by atoms with van der Waals surface area (Å²) < 4.78 is 12.2. The lowest BCUT2D eigenvalue weighted by Crippen LogP contribution is -2.71. The molecule has 1 heterocycles. The van der Waals surface area contributed by atoms with E-state index in [2.05, 4.69) is 20.4 Å². The molecule has 4 aliphatic rings.